The summed E-state index contributed by atoms with van der Waals surface area (Å²) in [5.41, 5.74) is 2.57. The topological polar surface area (TPSA) is 25.8 Å². The third-order valence-corrected chi connectivity index (χ3v) is 3.43. The van der Waals surface area contributed by atoms with Crippen LogP contribution in [0.4, 0.5) is 0 Å². The molecule has 0 amide bonds. The van der Waals surface area contributed by atoms with Gasteiger partial charge in [0.15, 0.2) is 0 Å². The second-order valence-corrected chi connectivity index (χ2v) is 5.22. The molecule has 0 N–H and O–H groups in total. The zero-order chi connectivity index (χ0) is 11.4. The number of halogens is 1. The molecule has 1 aromatic heterocycles. The first-order chi connectivity index (χ1) is 7.78. The Hall–Kier alpha value is -0.930. The van der Waals surface area contributed by atoms with Crippen LogP contribution in [0.1, 0.15) is 21.1 Å². The molecule has 0 aliphatic heterocycles. The molecule has 2 aromatic rings. The van der Waals surface area contributed by atoms with Crippen LogP contribution in [-0.2, 0) is 12.8 Å². The Labute approximate surface area is 104 Å². The predicted molar refractivity (Wildman–Crippen MR) is 68.3 cm³/mol. The molecule has 0 aliphatic carbocycles. The van der Waals surface area contributed by atoms with Crippen LogP contribution in [0.2, 0.25) is 0 Å². The Kier molecular flexibility index (Phi) is 3.91. The maximum absolute atomic E-state index is 5.67. The fourth-order valence-corrected chi connectivity index (χ4v) is 2.71. The van der Waals surface area contributed by atoms with Gasteiger partial charge in [-0.3, -0.25) is 0 Å². The number of rotatable bonds is 4. The average molecular weight is 253 g/mol. The van der Waals surface area contributed by atoms with Gasteiger partial charge < -0.3 is 0 Å². The van der Waals surface area contributed by atoms with Crippen LogP contribution in [0.15, 0.2) is 24.3 Å². The second-order valence-electron chi connectivity index (χ2n) is 3.69. The van der Waals surface area contributed by atoms with Crippen LogP contribution in [0.25, 0.3) is 0 Å². The Morgan fingerprint density at radius 1 is 1.25 bits per heavy atom. The molecule has 0 bridgehead atoms. The van der Waals surface area contributed by atoms with Crippen LogP contribution in [0.5, 0.6) is 0 Å². The Morgan fingerprint density at radius 2 is 2.06 bits per heavy atom. The highest BCUT2D eigenvalue weighted by atomic mass is 35.5. The lowest BCUT2D eigenvalue weighted by Crippen LogP contribution is -1.87. The molecule has 2 nitrogen and oxygen atoms in total. The molecule has 0 saturated carbocycles. The van der Waals surface area contributed by atoms with Gasteiger partial charge in [0.25, 0.3) is 0 Å². The normalized spacial score (nSPS) is 10.6. The van der Waals surface area contributed by atoms with Crippen molar-refractivity contribution in [1.29, 1.82) is 0 Å². The van der Waals surface area contributed by atoms with Crippen LogP contribution in [0, 0.1) is 6.92 Å². The van der Waals surface area contributed by atoms with Gasteiger partial charge in [0.1, 0.15) is 10.0 Å². The lowest BCUT2D eigenvalue weighted by atomic mass is 10.1. The van der Waals surface area contributed by atoms with Gasteiger partial charge >= 0.3 is 0 Å². The number of hydrogen-bond donors (Lipinski definition) is 0. The van der Waals surface area contributed by atoms with E-state index in [0.29, 0.717) is 5.88 Å². The summed E-state index contributed by atoms with van der Waals surface area (Å²) in [7, 11) is 0. The molecule has 0 spiro atoms. The first-order valence-corrected chi connectivity index (χ1v) is 6.56. The summed E-state index contributed by atoms with van der Waals surface area (Å²) in [4.78, 5) is 0. The summed E-state index contributed by atoms with van der Waals surface area (Å²) in [6, 6.07) is 8.48. The Morgan fingerprint density at radius 3 is 2.81 bits per heavy atom. The van der Waals surface area contributed by atoms with Gasteiger partial charge in [-0.15, -0.1) is 33.1 Å². The van der Waals surface area contributed by atoms with E-state index in [1.807, 2.05) is 0 Å². The van der Waals surface area contributed by atoms with E-state index in [9.17, 15) is 0 Å². The molecule has 16 heavy (non-hydrogen) atoms. The molecular weight excluding hydrogens is 240 g/mol. The quantitative estimate of drug-likeness (QED) is 0.781. The molecule has 1 aromatic carbocycles. The van der Waals surface area contributed by atoms with Crippen molar-refractivity contribution in [2.45, 2.75) is 19.8 Å². The molecule has 1 heterocycles. The van der Waals surface area contributed by atoms with Crippen molar-refractivity contribution in [2.24, 2.45) is 0 Å². The highest BCUT2D eigenvalue weighted by Gasteiger charge is 2.04. The van der Waals surface area contributed by atoms with Crippen LogP contribution >= 0.6 is 22.9 Å². The summed E-state index contributed by atoms with van der Waals surface area (Å²) < 4.78 is 0. The fourth-order valence-electron chi connectivity index (χ4n) is 1.54. The number of alkyl halides is 1. The summed E-state index contributed by atoms with van der Waals surface area (Å²) in [5.74, 6) is 0.610. The number of hydrogen-bond acceptors (Lipinski definition) is 3. The van der Waals surface area contributed by atoms with E-state index < -0.39 is 0 Å². The second kappa shape index (κ2) is 5.41. The van der Waals surface area contributed by atoms with E-state index in [0.717, 1.165) is 22.9 Å². The zero-order valence-corrected chi connectivity index (χ0v) is 10.7. The van der Waals surface area contributed by atoms with Crippen molar-refractivity contribution >= 4 is 22.9 Å². The van der Waals surface area contributed by atoms with Gasteiger partial charge in [-0.25, -0.2) is 0 Å². The molecular formula is C12H13ClN2S. The minimum absolute atomic E-state index is 0.610. The maximum atomic E-state index is 5.67. The van der Waals surface area contributed by atoms with Gasteiger partial charge in [-0.05, 0) is 12.5 Å². The van der Waals surface area contributed by atoms with Gasteiger partial charge in [-0.2, -0.15) is 0 Å². The molecule has 84 valence electrons. The summed E-state index contributed by atoms with van der Waals surface area (Å²) in [5, 5.41) is 10.4. The van der Waals surface area contributed by atoms with Gasteiger partial charge in [0.05, 0.1) is 0 Å². The largest absolute Gasteiger partial charge is 0.144 e. The molecule has 0 radical (unpaired) electrons. The van der Waals surface area contributed by atoms with Gasteiger partial charge in [0.2, 0.25) is 0 Å². The fraction of sp³-hybridized carbons (Fsp3) is 0.333. The highest BCUT2D eigenvalue weighted by Crippen LogP contribution is 2.16. The SMILES string of the molecule is Cc1cccc(Cc2nnc(CCCl)s2)c1. The third-order valence-electron chi connectivity index (χ3n) is 2.25. The van der Waals surface area contributed by atoms with E-state index in [4.69, 9.17) is 11.6 Å². The molecule has 0 unspecified atom stereocenters. The van der Waals surface area contributed by atoms with Crippen LogP contribution < -0.4 is 0 Å². The van der Waals surface area contributed by atoms with E-state index in [1.54, 1.807) is 11.3 Å². The number of benzene rings is 1. The van der Waals surface area contributed by atoms with Crippen LogP contribution in [0.3, 0.4) is 0 Å². The molecule has 0 atom stereocenters. The standard InChI is InChI=1S/C12H13ClN2S/c1-9-3-2-4-10(7-9)8-12-15-14-11(16-12)5-6-13/h2-4,7H,5-6,8H2,1H3. The molecule has 0 saturated heterocycles. The molecule has 0 aliphatic rings. The van der Waals surface area contributed by atoms with Crippen molar-refractivity contribution in [3.8, 4) is 0 Å². The lowest BCUT2D eigenvalue weighted by molar-refractivity contribution is 0.948. The highest BCUT2D eigenvalue weighted by molar-refractivity contribution is 7.11. The maximum Gasteiger partial charge on any atom is 0.121 e. The minimum atomic E-state index is 0.610. The summed E-state index contributed by atoms with van der Waals surface area (Å²) in [6.07, 6.45) is 1.68. The number of aryl methyl sites for hydroxylation is 2. The first-order valence-electron chi connectivity index (χ1n) is 5.20. The van der Waals surface area contributed by atoms with Crippen molar-refractivity contribution in [1.82, 2.24) is 10.2 Å². The van der Waals surface area contributed by atoms with Crippen molar-refractivity contribution in [3.63, 3.8) is 0 Å². The first kappa shape index (κ1) is 11.6. The number of aromatic nitrogens is 2. The molecule has 4 heteroatoms. The van der Waals surface area contributed by atoms with Crippen molar-refractivity contribution < 1.29 is 0 Å². The van der Waals surface area contributed by atoms with Gasteiger partial charge in [-0.1, -0.05) is 29.8 Å². The van der Waals surface area contributed by atoms with E-state index in [1.165, 1.54) is 11.1 Å². The smallest absolute Gasteiger partial charge is 0.121 e. The Bertz CT molecular complexity index is 468. The van der Waals surface area contributed by atoms with Crippen molar-refractivity contribution in [3.05, 3.63) is 45.4 Å². The van der Waals surface area contributed by atoms with E-state index in [-0.39, 0.29) is 0 Å². The predicted octanol–water partition coefficient (Wildman–Crippen LogP) is 3.22. The third kappa shape index (κ3) is 3.03. The summed E-state index contributed by atoms with van der Waals surface area (Å²) in [6.45, 7) is 2.10. The molecule has 2 rings (SSSR count). The minimum Gasteiger partial charge on any atom is -0.144 e. The van der Waals surface area contributed by atoms with E-state index in [2.05, 4.69) is 41.4 Å². The Balaban J connectivity index is 2.08. The number of nitrogens with zero attached hydrogens (tertiary/aromatic N) is 2. The van der Waals surface area contributed by atoms with E-state index >= 15 is 0 Å². The monoisotopic (exact) mass is 252 g/mol. The zero-order valence-electron chi connectivity index (χ0n) is 9.11. The summed E-state index contributed by atoms with van der Waals surface area (Å²) >= 11 is 7.32. The lowest BCUT2D eigenvalue weighted by Gasteiger charge is -1.98. The van der Waals surface area contributed by atoms with Crippen LogP contribution in [-0.4, -0.2) is 16.1 Å². The molecule has 0 fully saturated rings. The van der Waals surface area contributed by atoms with Gasteiger partial charge in [0, 0.05) is 18.7 Å². The van der Waals surface area contributed by atoms with Crippen molar-refractivity contribution in [2.75, 3.05) is 5.88 Å². The average Bonchev–Trinajstić information content (AvgIpc) is 2.66.